The molecule has 0 bridgehead atoms. The van der Waals surface area contributed by atoms with E-state index in [-0.39, 0.29) is 29.3 Å². The van der Waals surface area contributed by atoms with E-state index < -0.39 is 5.60 Å². The van der Waals surface area contributed by atoms with Crippen molar-refractivity contribution in [2.45, 2.75) is 91.8 Å². The largest absolute Gasteiger partial charge is 0.458 e. The first-order valence-corrected chi connectivity index (χ1v) is 9.80. The van der Waals surface area contributed by atoms with Crippen LogP contribution < -0.4 is 0 Å². The first-order valence-electron chi connectivity index (χ1n) is 9.80. The van der Waals surface area contributed by atoms with Gasteiger partial charge in [0.1, 0.15) is 6.10 Å². The second kappa shape index (κ2) is 7.65. The third-order valence-electron chi connectivity index (χ3n) is 6.73. The summed E-state index contributed by atoms with van der Waals surface area (Å²) in [6.45, 7) is 12.3. The number of carbonyl (C=O) groups is 1. The number of hydrogen-bond donors (Lipinski definition) is 1. The number of ether oxygens (including phenoxy) is 1. The molecule has 0 saturated heterocycles. The summed E-state index contributed by atoms with van der Waals surface area (Å²) < 4.78 is 5.69. The Labute approximate surface area is 153 Å². The predicted molar refractivity (Wildman–Crippen MR) is 102 cm³/mol. The van der Waals surface area contributed by atoms with Crippen molar-refractivity contribution >= 4 is 5.97 Å². The molecule has 2 aliphatic carbocycles. The van der Waals surface area contributed by atoms with Gasteiger partial charge in [-0.05, 0) is 75.2 Å². The summed E-state index contributed by atoms with van der Waals surface area (Å²) in [5.41, 5.74) is 1.88. The Morgan fingerprint density at radius 3 is 2.56 bits per heavy atom. The highest BCUT2D eigenvalue weighted by Gasteiger charge is 2.55. The molecule has 25 heavy (non-hydrogen) atoms. The number of aliphatic hydroxyl groups is 1. The maximum atomic E-state index is 11.7. The summed E-state index contributed by atoms with van der Waals surface area (Å²) in [4.78, 5) is 11.7. The van der Waals surface area contributed by atoms with Crippen molar-refractivity contribution in [3.8, 4) is 0 Å². The first-order chi connectivity index (χ1) is 11.6. The number of carbonyl (C=O) groups excluding carboxylic acids is 1. The van der Waals surface area contributed by atoms with Crippen LogP contribution in [0.5, 0.6) is 0 Å². The molecule has 1 saturated carbocycles. The van der Waals surface area contributed by atoms with Crippen LogP contribution in [0.4, 0.5) is 0 Å². The highest BCUT2D eigenvalue weighted by atomic mass is 16.5. The lowest BCUT2D eigenvalue weighted by Gasteiger charge is -2.42. The van der Waals surface area contributed by atoms with E-state index in [1.165, 1.54) is 12.5 Å². The average Bonchev–Trinajstić information content (AvgIpc) is 2.77. The zero-order valence-corrected chi connectivity index (χ0v) is 16.9. The third-order valence-corrected chi connectivity index (χ3v) is 6.73. The molecule has 1 fully saturated rings. The van der Waals surface area contributed by atoms with E-state index in [0.29, 0.717) is 6.42 Å². The van der Waals surface area contributed by atoms with E-state index in [2.05, 4.69) is 46.8 Å². The van der Waals surface area contributed by atoms with Gasteiger partial charge in [-0.1, -0.05) is 38.5 Å². The SMILES string of the molecule is CC(=O)O[C@@H]1CC2[C@](C)(C/C=C(\C)CCC=C1C)CC[C@]2(O)C(C)C. The lowest BCUT2D eigenvalue weighted by atomic mass is 9.67. The predicted octanol–water partition coefficient (Wildman–Crippen LogP) is 5.19. The normalized spacial score (nSPS) is 39.0. The summed E-state index contributed by atoms with van der Waals surface area (Å²) in [6, 6.07) is 0. The van der Waals surface area contributed by atoms with Crippen molar-refractivity contribution in [3.63, 3.8) is 0 Å². The van der Waals surface area contributed by atoms with E-state index >= 15 is 0 Å². The van der Waals surface area contributed by atoms with Gasteiger partial charge in [0.25, 0.3) is 0 Å². The maximum absolute atomic E-state index is 11.7. The molecule has 0 aromatic rings. The van der Waals surface area contributed by atoms with E-state index in [9.17, 15) is 9.90 Å². The molecule has 3 heteroatoms. The fourth-order valence-electron chi connectivity index (χ4n) is 4.77. The van der Waals surface area contributed by atoms with Crippen LogP contribution in [-0.2, 0) is 9.53 Å². The number of esters is 1. The number of allylic oxidation sites excluding steroid dienone is 3. The smallest absolute Gasteiger partial charge is 0.303 e. The van der Waals surface area contributed by atoms with Gasteiger partial charge in [-0.3, -0.25) is 4.79 Å². The van der Waals surface area contributed by atoms with E-state index in [4.69, 9.17) is 4.74 Å². The zero-order chi connectivity index (χ0) is 18.8. The van der Waals surface area contributed by atoms with Crippen molar-refractivity contribution in [1.29, 1.82) is 0 Å². The summed E-state index contributed by atoms with van der Waals surface area (Å²) in [7, 11) is 0. The molecule has 0 heterocycles. The van der Waals surface area contributed by atoms with Gasteiger partial charge in [0.05, 0.1) is 5.60 Å². The summed E-state index contributed by atoms with van der Waals surface area (Å²) in [5.74, 6) is 0.0707. The minimum atomic E-state index is -0.691. The van der Waals surface area contributed by atoms with E-state index in [0.717, 1.165) is 37.7 Å². The fourth-order valence-corrected chi connectivity index (χ4v) is 4.77. The molecule has 1 unspecified atom stereocenters. The van der Waals surface area contributed by atoms with Crippen molar-refractivity contribution in [3.05, 3.63) is 23.3 Å². The van der Waals surface area contributed by atoms with Crippen molar-refractivity contribution in [2.24, 2.45) is 17.3 Å². The minimum absolute atomic E-state index is 0.0449. The summed E-state index contributed by atoms with van der Waals surface area (Å²) in [5, 5.41) is 11.5. The van der Waals surface area contributed by atoms with Gasteiger partial charge in [0.2, 0.25) is 0 Å². The Morgan fingerprint density at radius 2 is 1.96 bits per heavy atom. The van der Waals surface area contributed by atoms with Crippen molar-refractivity contribution in [2.75, 3.05) is 0 Å². The quantitative estimate of drug-likeness (QED) is 0.552. The Morgan fingerprint density at radius 1 is 1.28 bits per heavy atom. The third kappa shape index (κ3) is 4.36. The maximum Gasteiger partial charge on any atom is 0.303 e. The van der Waals surface area contributed by atoms with Crippen LogP contribution in [0, 0.1) is 17.3 Å². The van der Waals surface area contributed by atoms with Crippen LogP contribution in [-0.4, -0.2) is 22.8 Å². The molecule has 0 amide bonds. The molecular weight excluding hydrogens is 312 g/mol. The summed E-state index contributed by atoms with van der Waals surface area (Å²) >= 11 is 0. The molecule has 2 rings (SSSR count). The average molecular weight is 349 g/mol. The molecule has 0 radical (unpaired) electrons. The van der Waals surface area contributed by atoms with Gasteiger partial charge in [0.15, 0.2) is 0 Å². The van der Waals surface area contributed by atoms with Crippen molar-refractivity contribution < 1.29 is 14.6 Å². The van der Waals surface area contributed by atoms with Crippen molar-refractivity contribution in [1.82, 2.24) is 0 Å². The number of fused-ring (bicyclic) bond motifs is 1. The molecule has 2 aliphatic rings. The lowest BCUT2D eigenvalue weighted by molar-refractivity contribution is -0.148. The number of hydrogen-bond acceptors (Lipinski definition) is 3. The highest BCUT2D eigenvalue weighted by Crippen LogP contribution is 2.56. The van der Waals surface area contributed by atoms with Gasteiger partial charge in [0, 0.05) is 6.92 Å². The van der Waals surface area contributed by atoms with E-state index in [1.807, 2.05) is 0 Å². The Bertz CT molecular complexity index is 560. The van der Waals surface area contributed by atoms with Crippen LogP contribution in [0.25, 0.3) is 0 Å². The second-order valence-electron chi connectivity index (χ2n) is 8.93. The Hall–Kier alpha value is -1.09. The Kier molecular flexibility index (Phi) is 6.19. The Balaban J connectivity index is 2.45. The molecule has 3 nitrogen and oxygen atoms in total. The molecule has 142 valence electrons. The monoisotopic (exact) mass is 348 g/mol. The lowest BCUT2D eigenvalue weighted by Crippen LogP contribution is -2.45. The van der Waals surface area contributed by atoms with Crippen LogP contribution in [0.3, 0.4) is 0 Å². The highest BCUT2D eigenvalue weighted by molar-refractivity contribution is 5.66. The van der Waals surface area contributed by atoms with Gasteiger partial charge in [-0.25, -0.2) is 0 Å². The van der Waals surface area contributed by atoms with Crippen LogP contribution in [0.15, 0.2) is 23.3 Å². The number of rotatable bonds is 2. The van der Waals surface area contributed by atoms with Crippen LogP contribution in [0.2, 0.25) is 0 Å². The fraction of sp³-hybridized carbons (Fsp3) is 0.773. The topological polar surface area (TPSA) is 46.5 Å². The second-order valence-corrected chi connectivity index (χ2v) is 8.93. The van der Waals surface area contributed by atoms with Crippen LogP contribution >= 0.6 is 0 Å². The van der Waals surface area contributed by atoms with Gasteiger partial charge in [-0.15, -0.1) is 0 Å². The molecule has 0 spiro atoms. The molecular formula is C22H36O3. The first kappa shape index (κ1) is 20.2. The van der Waals surface area contributed by atoms with Gasteiger partial charge < -0.3 is 9.84 Å². The standard InChI is InChI=1S/C22H36O3/c1-15(2)22(24)13-12-21(6)11-10-16(3)8-7-9-17(4)19(14-20(21)22)25-18(5)23/h9-10,15,19-20,24H,7-8,11-14H2,1-6H3/b16-10+,17-9?/t19-,20?,21-,22+/m1/s1. The molecule has 4 atom stereocenters. The molecule has 1 N–H and O–H groups in total. The molecule has 0 aliphatic heterocycles. The molecule has 0 aromatic heterocycles. The summed E-state index contributed by atoms with van der Waals surface area (Å²) in [6.07, 6.45) is 9.90. The minimum Gasteiger partial charge on any atom is -0.458 e. The van der Waals surface area contributed by atoms with Gasteiger partial charge in [-0.2, -0.15) is 0 Å². The van der Waals surface area contributed by atoms with E-state index in [1.54, 1.807) is 0 Å². The zero-order valence-electron chi connectivity index (χ0n) is 16.9. The molecule has 0 aromatic carbocycles. The van der Waals surface area contributed by atoms with Gasteiger partial charge >= 0.3 is 5.97 Å². The van der Waals surface area contributed by atoms with Crippen LogP contribution in [0.1, 0.15) is 80.1 Å².